The molecule has 1 aliphatic heterocycles. The molecular weight excluding hydrogens is 399 g/mol. The Labute approximate surface area is 180 Å². The zero-order valence-electron chi connectivity index (χ0n) is 17.4. The maximum Gasteiger partial charge on any atom is 0.322 e. The van der Waals surface area contributed by atoms with Crippen molar-refractivity contribution in [3.63, 3.8) is 0 Å². The number of carbonyl (C=O) groups is 1. The van der Waals surface area contributed by atoms with Crippen LogP contribution in [0.3, 0.4) is 0 Å². The minimum absolute atomic E-state index is 0.191. The van der Waals surface area contributed by atoms with Crippen LogP contribution < -0.4 is 10.1 Å². The van der Waals surface area contributed by atoms with E-state index in [2.05, 4.69) is 19.2 Å². The largest absolute Gasteiger partial charge is 0.495 e. The first-order valence-corrected chi connectivity index (χ1v) is 10.9. The lowest BCUT2D eigenvalue weighted by Gasteiger charge is -2.36. The highest BCUT2D eigenvalue weighted by Gasteiger charge is 2.35. The molecule has 156 valence electrons. The van der Waals surface area contributed by atoms with E-state index in [0.29, 0.717) is 18.0 Å². The molecule has 1 N–H and O–H groups in total. The summed E-state index contributed by atoms with van der Waals surface area (Å²) in [5.74, 6) is 0.332. The molecule has 3 aromatic rings. The average Bonchev–Trinajstić information content (AvgIpc) is 3.09. The minimum atomic E-state index is -0.281. The van der Waals surface area contributed by atoms with Crippen LogP contribution in [-0.4, -0.2) is 24.6 Å². The number of carbonyl (C=O) groups excluding carboxylic acids is 1. The number of aryl methyl sites for hydroxylation is 1. The summed E-state index contributed by atoms with van der Waals surface area (Å²) < 4.78 is 19.0. The molecular formula is C24H25FN2O2S. The number of nitrogens with one attached hydrogen (secondary N) is 1. The Balaban J connectivity index is 1.74. The average molecular weight is 425 g/mol. The van der Waals surface area contributed by atoms with Crippen molar-refractivity contribution in [2.45, 2.75) is 32.7 Å². The molecule has 0 radical (unpaired) electrons. The standard InChI is InChI=1S/C24H25FN2O2S/c1-4-18-15(2)30-23-19(18)13-14-27(22(23)16-9-11-17(25)12-10-16)24(28)26-20-7-5-6-8-21(20)29-3/h5-12,22H,4,13-14H2,1-3H3,(H,26,28). The third kappa shape index (κ3) is 3.67. The number of rotatable bonds is 4. The minimum Gasteiger partial charge on any atom is -0.495 e. The van der Waals surface area contributed by atoms with Crippen LogP contribution in [0.25, 0.3) is 0 Å². The molecule has 0 saturated heterocycles. The number of methoxy groups -OCH3 is 1. The van der Waals surface area contributed by atoms with E-state index in [0.717, 1.165) is 18.4 Å². The summed E-state index contributed by atoms with van der Waals surface area (Å²) in [6, 6.07) is 13.4. The third-order valence-corrected chi connectivity index (χ3v) is 6.90. The van der Waals surface area contributed by atoms with Crippen LogP contribution in [0.4, 0.5) is 14.9 Å². The summed E-state index contributed by atoms with van der Waals surface area (Å²) in [7, 11) is 1.58. The Bertz CT molecular complexity index is 1060. The van der Waals surface area contributed by atoms with Gasteiger partial charge in [-0.2, -0.15) is 0 Å². The van der Waals surface area contributed by atoms with Gasteiger partial charge in [-0.05, 0) is 60.7 Å². The molecule has 0 fully saturated rings. The number of hydrogen-bond donors (Lipinski definition) is 1. The van der Waals surface area contributed by atoms with Crippen LogP contribution in [-0.2, 0) is 12.8 Å². The zero-order valence-corrected chi connectivity index (χ0v) is 18.2. The van der Waals surface area contributed by atoms with Gasteiger partial charge in [-0.3, -0.25) is 0 Å². The fourth-order valence-electron chi connectivity index (χ4n) is 4.24. The van der Waals surface area contributed by atoms with Gasteiger partial charge < -0.3 is 15.0 Å². The van der Waals surface area contributed by atoms with E-state index in [1.807, 2.05) is 29.2 Å². The number of para-hydroxylation sites is 2. The van der Waals surface area contributed by atoms with Gasteiger partial charge in [-0.15, -0.1) is 11.3 Å². The summed E-state index contributed by atoms with van der Waals surface area (Å²) in [5.41, 5.74) is 4.27. The van der Waals surface area contributed by atoms with Crippen molar-refractivity contribution in [2.75, 3.05) is 19.0 Å². The molecule has 0 aliphatic carbocycles. The zero-order chi connectivity index (χ0) is 21.3. The highest BCUT2D eigenvalue weighted by molar-refractivity contribution is 7.12. The van der Waals surface area contributed by atoms with Crippen molar-refractivity contribution in [1.29, 1.82) is 0 Å². The van der Waals surface area contributed by atoms with Crippen LogP contribution in [0, 0.1) is 12.7 Å². The van der Waals surface area contributed by atoms with Gasteiger partial charge in [0, 0.05) is 16.3 Å². The number of benzene rings is 2. The van der Waals surface area contributed by atoms with Crippen LogP contribution in [0.5, 0.6) is 5.75 Å². The van der Waals surface area contributed by atoms with E-state index in [-0.39, 0.29) is 17.9 Å². The fraction of sp³-hybridized carbons (Fsp3) is 0.292. The molecule has 0 bridgehead atoms. The van der Waals surface area contributed by atoms with Crippen molar-refractivity contribution in [1.82, 2.24) is 4.90 Å². The molecule has 1 aliphatic rings. The van der Waals surface area contributed by atoms with E-state index in [1.165, 1.54) is 33.0 Å². The first kappa shape index (κ1) is 20.4. The fourth-order valence-corrected chi connectivity index (χ4v) is 5.68. The van der Waals surface area contributed by atoms with Crippen molar-refractivity contribution in [3.05, 3.63) is 80.8 Å². The molecule has 2 aromatic carbocycles. The van der Waals surface area contributed by atoms with Gasteiger partial charge in [0.1, 0.15) is 11.6 Å². The molecule has 2 heterocycles. The van der Waals surface area contributed by atoms with Gasteiger partial charge in [0.05, 0.1) is 18.8 Å². The molecule has 1 unspecified atom stereocenters. The van der Waals surface area contributed by atoms with E-state index in [9.17, 15) is 9.18 Å². The van der Waals surface area contributed by atoms with Gasteiger partial charge in [-0.25, -0.2) is 9.18 Å². The Kier molecular flexibility index (Phi) is 5.77. The normalized spacial score (nSPS) is 15.6. The second kappa shape index (κ2) is 8.48. The number of hydrogen-bond acceptors (Lipinski definition) is 3. The molecule has 1 atom stereocenters. The third-order valence-electron chi connectivity index (χ3n) is 5.66. The molecule has 30 heavy (non-hydrogen) atoms. The number of halogens is 1. The van der Waals surface area contributed by atoms with E-state index < -0.39 is 0 Å². The van der Waals surface area contributed by atoms with Crippen molar-refractivity contribution in [3.8, 4) is 5.75 Å². The smallest absolute Gasteiger partial charge is 0.322 e. The second-order valence-electron chi connectivity index (χ2n) is 7.36. The molecule has 4 rings (SSSR count). The molecule has 2 amide bonds. The first-order chi connectivity index (χ1) is 14.5. The lowest BCUT2D eigenvalue weighted by atomic mass is 9.92. The molecule has 4 nitrogen and oxygen atoms in total. The van der Waals surface area contributed by atoms with Crippen molar-refractivity contribution in [2.24, 2.45) is 0 Å². The highest BCUT2D eigenvalue weighted by Crippen LogP contribution is 2.43. The van der Waals surface area contributed by atoms with Crippen LogP contribution in [0.15, 0.2) is 48.5 Å². The van der Waals surface area contributed by atoms with Crippen molar-refractivity contribution >= 4 is 23.1 Å². The Morgan fingerprint density at radius 2 is 1.97 bits per heavy atom. The van der Waals surface area contributed by atoms with Crippen LogP contribution >= 0.6 is 11.3 Å². The van der Waals surface area contributed by atoms with Crippen molar-refractivity contribution < 1.29 is 13.9 Å². The number of nitrogens with zero attached hydrogens (tertiary/aromatic N) is 1. The number of amides is 2. The van der Waals surface area contributed by atoms with Gasteiger partial charge in [0.2, 0.25) is 0 Å². The van der Waals surface area contributed by atoms with Crippen LogP contribution in [0.2, 0.25) is 0 Å². The topological polar surface area (TPSA) is 41.6 Å². The Hall–Kier alpha value is -2.86. The molecule has 0 spiro atoms. The quantitative estimate of drug-likeness (QED) is 0.563. The number of thiophene rings is 1. The maximum atomic E-state index is 13.6. The predicted molar refractivity (Wildman–Crippen MR) is 119 cm³/mol. The summed E-state index contributed by atoms with van der Waals surface area (Å²) in [6.45, 7) is 4.91. The SMILES string of the molecule is CCc1c(C)sc2c1CCN(C(=O)Nc1ccccc1OC)C2c1ccc(F)cc1. The van der Waals surface area contributed by atoms with E-state index in [1.54, 1.807) is 30.6 Å². The van der Waals surface area contributed by atoms with Gasteiger partial charge in [0.15, 0.2) is 0 Å². The molecule has 1 aromatic heterocycles. The van der Waals surface area contributed by atoms with E-state index in [4.69, 9.17) is 4.74 Å². The lowest BCUT2D eigenvalue weighted by molar-refractivity contribution is 0.195. The number of anilines is 1. The summed E-state index contributed by atoms with van der Waals surface area (Å²) >= 11 is 1.74. The highest BCUT2D eigenvalue weighted by atomic mass is 32.1. The number of urea groups is 1. The van der Waals surface area contributed by atoms with Gasteiger partial charge in [-0.1, -0.05) is 31.2 Å². The predicted octanol–water partition coefficient (Wildman–Crippen LogP) is 5.95. The Morgan fingerprint density at radius 1 is 1.23 bits per heavy atom. The summed E-state index contributed by atoms with van der Waals surface area (Å²) in [5, 5.41) is 3.00. The monoisotopic (exact) mass is 424 g/mol. The second-order valence-corrected chi connectivity index (χ2v) is 8.62. The molecule has 0 saturated carbocycles. The van der Waals surface area contributed by atoms with E-state index >= 15 is 0 Å². The number of fused-ring (bicyclic) bond motifs is 1. The van der Waals surface area contributed by atoms with Gasteiger partial charge in [0.25, 0.3) is 0 Å². The summed E-state index contributed by atoms with van der Waals surface area (Å²) in [4.78, 5) is 17.7. The first-order valence-electron chi connectivity index (χ1n) is 10.1. The summed E-state index contributed by atoms with van der Waals surface area (Å²) in [6.07, 6.45) is 1.79. The van der Waals surface area contributed by atoms with Gasteiger partial charge >= 0.3 is 6.03 Å². The van der Waals surface area contributed by atoms with Crippen LogP contribution in [0.1, 0.15) is 39.4 Å². The lowest BCUT2D eigenvalue weighted by Crippen LogP contribution is -2.42. The maximum absolute atomic E-state index is 13.6. The number of ether oxygens (including phenoxy) is 1. The Morgan fingerprint density at radius 3 is 2.67 bits per heavy atom. The molecule has 6 heteroatoms.